The molecular formula is C9H10Cl2N2O2. The quantitative estimate of drug-likeness (QED) is 0.836. The van der Waals surface area contributed by atoms with E-state index in [1.54, 1.807) is 18.2 Å². The molecule has 0 aliphatic carbocycles. The molecule has 0 fully saturated rings. The van der Waals surface area contributed by atoms with Crippen LogP contribution in [0.4, 0.5) is 10.5 Å². The van der Waals surface area contributed by atoms with Crippen molar-refractivity contribution in [3.63, 3.8) is 0 Å². The fourth-order valence-corrected chi connectivity index (χ4v) is 1.34. The number of rotatable bonds is 3. The van der Waals surface area contributed by atoms with E-state index in [0.29, 0.717) is 15.7 Å². The summed E-state index contributed by atoms with van der Waals surface area (Å²) in [5, 5.41) is 0.777. The van der Waals surface area contributed by atoms with Gasteiger partial charge < -0.3 is 10.5 Å². The van der Waals surface area contributed by atoms with Crippen molar-refractivity contribution < 1.29 is 9.53 Å². The van der Waals surface area contributed by atoms with E-state index >= 15 is 0 Å². The monoisotopic (exact) mass is 248 g/mol. The fourth-order valence-electron chi connectivity index (χ4n) is 1.05. The number of hydrogen-bond acceptors (Lipinski definition) is 2. The summed E-state index contributed by atoms with van der Waals surface area (Å²) in [7, 11) is 1.47. The van der Waals surface area contributed by atoms with Gasteiger partial charge in [-0.05, 0) is 18.2 Å². The number of halogens is 2. The van der Waals surface area contributed by atoms with Gasteiger partial charge in [0.15, 0.2) is 0 Å². The third-order valence-corrected chi connectivity index (χ3v) is 2.48. The summed E-state index contributed by atoms with van der Waals surface area (Å²) in [6.45, 7) is 0.0628. The van der Waals surface area contributed by atoms with Crippen LogP contribution in [0, 0.1) is 0 Å². The first-order valence-corrected chi connectivity index (χ1v) is 4.83. The molecule has 0 bridgehead atoms. The van der Waals surface area contributed by atoms with Gasteiger partial charge in [0.25, 0.3) is 0 Å². The van der Waals surface area contributed by atoms with Crippen LogP contribution in [-0.2, 0) is 4.74 Å². The number of hydrogen-bond donors (Lipinski definition) is 1. The molecule has 0 aliphatic heterocycles. The molecule has 0 radical (unpaired) electrons. The van der Waals surface area contributed by atoms with Gasteiger partial charge in [0.05, 0.1) is 10.0 Å². The van der Waals surface area contributed by atoms with Crippen molar-refractivity contribution >= 4 is 34.9 Å². The number of carbonyl (C=O) groups is 1. The van der Waals surface area contributed by atoms with E-state index < -0.39 is 6.03 Å². The SMILES string of the molecule is COCN(C(N)=O)c1ccc(Cl)c(Cl)c1. The second-order valence-corrected chi connectivity index (χ2v) is 3.60. The van der Waals surface area contributed by atoms with Crippen molar-refractivity contribution in [2.24, 2.45) is 5.73 Å². The van der Waals surface area contributed by atoms with Crippen molar-refractivity contribution in [3.05, 3.63) is 28.2 Å². The Hall–Kier alpha value is -0.970. The highest BCUT2D eigenvalue weighted by atomic mass is 35.5. The predicted molar refractivity (Wildman–Crippen MR) is 60.4 cm³/mol. The largest absolute Gasteiger partial charge is 0.364 e. The molecule has 15 heavy (non-hydrogen) atoms. The molecule has 0 saturated carbocycles. The van der Waals surface area contributed by atoms with Crippen LogP contribution >= 0.6 is 23.2 Å². The average Bonchev–Trinajstić information content (AvgIpc) is 2.18. The van der Waals surface area contributed by atoms with Gasteiger partial charge in [-0.1, -0.05) is 23.2 Å². The zero-order chi connectivity index (χ0) is 11.4. The minimum absolute atomic E-state index is 0.0628. The second-order valence-electron chi connectivity index (χ2n) is 2.78. The summed E-state index contributed by atoms with van der Waals surface area (Å²) in [5.41, 5.74) is 5.71. The predicted octanol–water partition coefficient (Wildman–Crippen LogP) is 2.48. The molecule has 1 aromatic carbocycles. The van der Waals surface area contributed by atoms with Crippen LogP contribution in [0.5, 0.6) is 0 Å². The molecule has 82 valence electrons. The van der Waals surface area contributed by atoms with E-state index in [1.807, 2.05) is 0 Å². The molecule has 4 nitrogen and oxygen atoms in total. The molecule has 1 aromatic rings. The molecule has 0 heterocycles. The van der Waals surface area contributed by atoms with Gasteiger partial charge in [0.1, 0.15) is 6.73 Å². The third-order valence-electron chi connectivity index (χ3n) is 1.74. The summed E-state index contributed by atoms with van der Waals surface area (Å²) in [6.07, 6.45) is 0. The van der Waals surface area contributed by atoms with Crippen LogP contribution in [0.25, 0.3) is 0 Å². The first-order valence-electron chi connectivity index (χ1n) is 4.07. The molecule has 0 unspecified atom stereocenters. The number of nitrogens with two attached hydrogens (primary N) is 1. The van der Waals surface area contributed by atoms with E-state index in [4.69, 9.17) is 33.7 Å². The maximum absolute atomic E-state index is 11.1. The molecule has 0 spiro atoms. The minimum Gasteiger partial charge on any atom is -0.364 e. The van der Waals surface area contributed by atoms with Crippen molar-refractivity contribution in [3.8, 4) is 0 Å². The Morgan fingerprint density at radius 2 is 2.13 bits per heavy atom. The van der Waals surface area contributed by atoms with Crippen LogP contribution in [0.3, 0.4) is 0 Å². The lowest BCUT2D eigenvalue weighted by Crippen LogP contribution is -2.37. The molecule has 6 heteroatoms. The Bertz CT molecular complexity index is 371. The molecule has 0 aliphatic rings. The highest BCUT2D eigenvalue weighted by molar-refractivity contribution is 6.42. The van der Waals surface area contributed by atoms with Gasteiger partial charge in [0.2, 0.25) is 0 Å². The van der Waals surface area contributed by atoms with Crippen LogP contribution in [-0.4, -0.2) is 19.9 Å². The van der Waals surface area contributed by atoms with Crippen molar-refractivity contribution in [2.45, 2.75) is 0 Å². The van der Waals surface area contributed by atoms with Gasteiger partial charge in [-0.2, -0.15) is 0 Å². The zero-order valence-corrected chi connectivity index (χ0v) is 9.55. The van der Waals surface area contributed by atoms with Crippen LogP contribution in [0.2, 0.25) is 10.0 Å². The maximum atomic E-state index is 11.1. The molecule has 1 rings (SSSR count). The summed E-state index contributed by atoms with van der Waals surface area (Å²) in [6, 6.07) is 4.16. The topological polar surface area (TPSA) is 55.6 Å². The van der Waals surface area contributed by atoms with Gasteiger partial charge in [-0.3, -0.25) is 4.90 Å². The lowest BCUT2D eigenvalue weighted by Gasteiger charge is -2.19. The second kappa shape index (κ2) is 5.21. The normalized spacial score (nSPS) is 10.1. The fraction of sp³-hybridized carbons (Fsp3) is 0.222. The van der Waals surface area contributed by atoms with Gasteiger partial charge in [-0.15, -0.1) is 0 Å². The van der Waals surface area contributed by atoms with Crippen molar-refractivity contribution in [1.82, 2.24) is 0 Å². The van der Waals surface area contributed by atoms with Gasteiger partial charge in [-0.25, -0.2) is 4.79 Å². The number of urea groups is 1. The third kappa shape index (κ3) is 2.99. The number of ether oxygens (including phenoxy) is 1. The van der Waals surface area contributed by atoms with E-state index in [-0.39, 0.29) is 6.73 Å². The molecule has 0 saturated heterocycles. The van der Waals surface area contributed by atoms with Crippen molar-refractivity contribution in [2.75, 3.05) is 18.7 Å². The maximum Gasteiger partial charge on any atom is 0.321 e. The Balaban J connectivity index is 3.01. The van der Waals surface area contributed by atoms with E-state index in [9.17, 15) is 4.79 Å². The molecule has 2 amide bonds. The summed E-state index contributed by atoms with van der Waals surface area (Å²) < 4.78 is 4.84. The molecule has 0 aromatic heterocycles. The average molecular weight is 249 g/mol. The lowest BCUT2D eigenvalue weighted by molar-refractivity contribution is 0.194. The first kappa shape index (κ1) is 12.1. The Labute approximate surface area is 97.5 Å². The van der Waals surface area contributed by atoms with Crippen LogP contribution < -0.4 is 10.6 Å². The number of methoxy groups -OCH3 is 1. The number of benzene rings is 1. The highest BCUT2D eigenvalue weighted by Gasteiger charge is 2.12. The first-order chi connectivity index (χ1) is 7.06. The zero-order valence-electron chi connectivity index (χ0n) is 8.04. The van der Waals surface area contributed by atoms with Crippen LogP contribution in [0.1, 0.15) is 0 Å². The smallest absolute Gasteiger partial charge is 0.321 e. The summed E-state index contributed by atoms with van der Waals surface area (Å²) in [5.74, 6) is 0. The molecular weight excluding hydrogens is 239 g/mol. The summed E-state index contributed by atoms with van der Waals surface area (Å²) >= 11 is 11.6. The van der Waals surface area contributed by atoms with E-state index in [2.05, 4.69) is 0 Å². The Morgan fingerprint density at radius 1 is 1.47 bits per heavy atom. The number of carbonyl (C=O) groups excluding carboxylic acids is 1. The Morgan fingerprint density at radius 3 is 2.60 bits per heavy atom. The lowest BCUT2D eigenvalue weighted by atomic mass is 10.3. The minimum atomic E-state index is -0.616. The number of primary amides is 1. The highest BCUT2D eigenvalue weighted by Crippen LogP contribution is 2.27. The molecule has 2 N–H and O–H groups in total. The van der Waals surface area contributed by atoms with Crippen molar-refractivity contribution in [1.29, 1.82) is 0 Å². The number of anilines is 1. The standard InChI is InChI=1S/C9H10Cl2N2O2/c1-15-5-13(9(12)14)6-2-3-7(10)8(11)4-6/h2-4H,5H2,1H3,(H2,12,14). The van der Waals surface area contributed by atoms with Gasteiger partial charge in [0, 0.05) is 12.8 Å². The number of nitrogens with zero attached hydrogens (tertiary/aromatic N) is 1. The van der Waals surface area contributed by atoms with E-state index in [0.717, 1.165) is 0 Å². The van der Waals surface area contributed by atoms with Crippen LogP contribution in [0.15, 0.2) is 18.2 Å². The number of amides is 2. The Kier molecular flexibility index (Phi) is 4.20. The molecule has 0 atom stereocenters. The van der Waals surface area contributed by atoms with E-state index in [1.165, 1.54) is 12.0 Å². The summed E-state index contributed by atoms with van der Waals surface area (Å²) in [4.78, 5) is 12.3. The van der Waals surface area contributed by atoms with Gasteiger partial charge >= 0.3 is 6.03 Å².